The zero-order chi connectivity index (χ0) is 11.1. The van der Waals surface area contributed by atoms with Crippen molar-refractivity contribution in [3.8, 4) is 0 Å². The van der Waals surface area contributed by atoms with E-state index in [0.29, 0.717) is 0 Å². The molecule has 0 amide bonds. The highest BCUT2D eigenvalue weighted by Gasteiger charge is 2.21. The summed E-state index contributed by atoms with van der Waals surface area (Å²) in [4.78, 5) is 2.75. The summed E-state index contributed by atoms with van der Waals surface area (Å²) in [5, 5.41) is 0.790. The van der Waals surface area contributed by atoms with Crippen LogP contribution in [0.15, 0.2) is 0 Å². The zero-order valence-electron chi connectivity index (χ0n) is 10.7. The van der Waals surface area contributed by atoms with Gasteiger partial charge < -0.3 is 0 Å². The minimum atomic E-state index is 0.790. The summed E-state index contributed by atoms with van der Waals surface area (Å²) in [5.74, 6) is 0. The molecule has 0 aromatic carbocycles. The molecule has 1 atom stereocenters. The number of rotatable bonds is 6. The Morgan fingerprint density at radius 3 is 2.47 bits per heavy atom. The van der Waals surface area contributed by atoms with Gasteiger partial charge in [0, 0.05) is 17.8 Å². The molecule has 0 aromatic heterocycles. The first-order valence-electron chi connectivity index (χ1n) is 6.54. The van der Waals surface area contributed by atoms with Crippen molar-refractivity contribution < 1.29 is 0 Å². The molecule has 1 aliphatic rings. The summed E-state index contributed by atoms with van der Waals surface area (Å²) in [6.45, 7) is 7.25. The van der Waals surface area contributed by atoms with Crippen molar-refractivity contribution in [3.05, 3.63) is 0 Å². The van der Waals surface area contributed by atoms with Crippen LogP contribution >= 0.6 is 11.8 Å². The van der Waals surface area contributed by atoms with E-state index in [0.717, 1.165) is 11.3 Å². The topological polar surface area (TPSA) is 3.24 Å². The number of thioether (sulfide) groups is 1. The van der Waals surface area contributed by atoms with Crippen LogP contribution in [0.1, 0.15) is 52.4 Å². The molecule has 0 spiro atoms. The molecule has 1 nitrogen and oxygen atoms in total. The molecule has 0 N–H and O–H groups in total. The lowest BCUT2D eigenvalue weighted by Crippen LogP contribution is -2.40. The Labute approximate surface area is 100.0 Å². The van der Waals surface area contributed by atoms with Crippen LogP contribution < -0.4 is 0 Å². The Morgan fingerprint density at radius 1 is 1.27 bits per heavy atom. The predicted octanol–water partition coefficient (Wildman–Crippen LogP) is 3.78. The lowest BCUT2D eigenvalue weighted by atomic mass is 9.94. The molecular formula is C13H27NS. The van der Waals surface area contributed by atoms with Crippen molar-refractivity contribution in [1.82, 2.24) is 4.90 Å². The molecule has 90 valence electrons. The van der Waals surface area contributed by atoms with E-state index in [-0.39, 0.29) is 0 Å². The fourth-order valence-corrected chi connectivity index (χ4v) is 2.90. The highest BCUT2D eigenvalue weighted by Crippen LogP contribution is 2.24. The van der Waals surface area contributed by atoms with Crippen LogP contribution in [-0.4, -0.2) is 35.5 Å². The predicted molar refractivity (Wildman–Crippen MR) is 71.7 cm³/mol. The molecule has 1 aliphatic carbocycles. The van der Waals surface area contributed by atoms with Gasteiger partial charge in [-0.25, -0.2) is 0 Å². The van der Waals surface area contributed by atoms with Gasteiger partial charge in [-0.15, -0.1) is 0 Å². The zero-order valence-corrected chi connectivity index (χ0v) is 11.5. The molecular weight excluding hydrogens is 202 g/mol. The van der Waals surface area contributed by atoms with Crippen molar-refractivity contribution in [2.45, 2.75) is 63.7 Å². The summed E-state index contributed by atoms with van der Waals surface area (Å²) in [6, 6.07) is 0.897. The molecule has 0 bridgehead atoms. The van der Waals surface area contributed by atoms with Gasteiger partial charge in [-0.2, -0.15) is 11.8 Å². The third kappa shape index (κ3) is 4.78. The van der Waals surface area contributed by atoms with Gasteiger partial charge in [-0.05, 0) is 32.1 Å². The van der Waals surface area contributed by atoms with Crippen LogP contribution in [0, 0.1) is 0 Å². The van der Waals surface area contributed by atoms with Crippen molar-refractivity contribution >= 4 is 11.8 Å². The summed E-state index contributed by atoms with van der Waals surface area (Å²) in [5.41, 5.74) is 0. The highest BCUT2D eigenvalue weighted by atomic mass is 32.2. The van der Waals surface area contributed by atoms with E-state index in [2.05, 4.69) is 25.0 Å². The second-order valence-electron chi connectivity index (χ2n) is 4.83. The minimum absolute atomic E-state index is 0.790. The van der Waals surface area contributed by atoms with E-state index in [1.165, 1.54) is 51.6 Å². The highest BCUT2D eigenvalue weighted by molar-refractivity contribution is 7.99. The van der Waals surface area contributed by atoms with Crippen molar-refractivity contribution in [2.75, 3.05) is 19.3 Å². The van der Waals surface area contributed by atoms with E-state index in [1.54, 1.807) is 0 Å². The van der Waals surface area contributed by atoms with E-state index in [9.17, 15) is 0 Å². The summed E-state index contributed by atoms with van der Waals surface area (Å²) >= 11 is 2.00. The van der Waals surface area contributed by atoms with Gasteiger partial charge in [0.15, 0.2) is 0 Å². The molecule has 1 fully saturated rings. The van der Waals surface area contributed by atoms with Crippen LogP contribution in [0.3, 0.4) is 0 Å². The van der Waals surface area contributed by atoms with E-state index in [4.69, 9.17) is 0 Å². The third-order valence-electron chi connectivity index (χ3n) is 3.50. The summed E-state index contributed by atoms with van der Waals surface area (Å²) in [7, 11) is 0. The molecule has 2 heteroatoms. The first-order valence-corrected chi connectivity index (χ1v) is 7.83. The van der Waals surface area contributed by atoms with Gasteiger partial charge in [0.05, 0.1) is 0 Å². The molecule has 1 unspecified atom stereocenters. The van der Waals surface area contributed by atoms with Gasteiger partial charge >= 0.3 is 0 Å². The average Bonchev–Trinajstić information content (AvgIpc) is 2.29. The largest absolute Gasteiger partial charge is 0.299 e. The monoisotopic (exact) mass is 229 g/mol. The van der Waals surface area contributed by atoms with E-state index in [1.807, 2.05) is 11.8 Å². The number of hydrogen-bond acceptors (Lipinski definition) is 2. The van der Waals surface area contributed by atoms with E-state index >= 15 is 0 Å². The minimum Gasteiger partial charge on any atom is -0.299 e. The van der Waals surface area contributed by atoms with Crippen LogP contribution in [-0.2, 0) is 0 Å². The molecule has 1 rings (SSSR count). The number of nitrogens with zero attached hydrogens (tertiary/aromatic N) is 1. The Kier molecular flexibility index (Phi) is 6.74. The number of hydrogen-bond donors (Lipinski definition) is 0. The molecule has 0 heterocycles. The fourth-order valence-electron chi connectivity index (χ4n) is 2.56. The average molecular weight is 229 g/mol. The summed E-state index contributed by atoms with van der Waals surface area (Å²) < 4.78 is 0. The second kappa shape index (κ2) is 7.56. The lowest BCUT2D eigenvalue weighted by molar-refractivity contribution is 0.158. The lowest BCUT2D eigenvalue weighted by Gasteiger charge is -2.35. The maximum absolute atomic E-state index is 2.75. The Hall–Kier alpha value is 0.310. The SMILES string of the molecule is CCCN(CC(C)SC)C1CCCCC1. The van der Waals surface area contributed by atoms with Gasteiger partial charge in [0.2, 0.25) is 0 Å². The third-order valence-corrected chi connectivity index (χ3v) is 4.45. The molecule has 0 saturated heterocycles. The standard InChI is InChI=1S/C13H27NS/c1-4-10-14(11-12(2)15-3)13-8-6-5-7-9-13/h12-13H,4-11H2,1-3H3. The van der Waals surface area contributed by atoms with Crippen LogP contribution in [0.25, 0.3) is 0 Å². The van der Waals surface area contributed by atoms with Gasteiger partial charge in [0.25, 0.3) is 0 Å². The maximum Gasteiger partial charge on any atom is 0.0144 e. The van der Waals surface area contributed by atoms with Gasteiger partial charge in [0.1, 0.15) is 0 Å². The molecule has 0 aromatic rings. The van der Waals surface area contributed by atoms with Crippen molar-refractivity contribution in [1.29, 1.82) is 0 Å². The second-order valence-corrected chi connectivity index (χ2v) is 6.11. The van der Waals surface area contributed by atoms with Gasteiger partial charge in [-0.3, -0.25) is 4.90 Å². The van der Waals surface area contributed by atoms with Crippen molar-refractivity contribution in [3.63, 3.8) is 0 Å². The maximum atomic E-state index is 2.75. The molecule has 1 saturated carbocycles. The first kappa shape index (κ1) is 13.4. The smallest absolute Gasteiger partial charge is 0.0144 e. The molecule has 0 radical (unpaired) electrons. The Balaban J connectivity index is 2.39. The fraction of sp³-hybridized carbons (Fsp3) is 1.00. The van der Waals surface area contributed by atoms with Crippen LogP contribution in [0.5, 0.6) is 0 Å². The van der Waals surface area contributed by atoms with Crippen LogP contribution in [0.2, 0.25) is 0 Å². The van der Waals surface area contributed by atoms with Crippen molar-refractivity contribution in [2.24, 2.45) is 0 Å². The van der Waals surface area contributed by atoms with Crippen LogP contribution in [0.4, 0.5) is 0 Å². The molecule has 15 heavy (non-hydrogen) atoms. The Morgan fingerprint density at radius 2 is 1.93 bits per heavy atom. The Bertz CT molecular complexity index is 155. The first-order chi connectivity index (χ1) is 7.27. The molecule has 0 aliphatic heterocycles. The van der Waals surface area contributed by atoms with E-state index < -0.39 is 0 Å². The van der Waals surface area contributed by atoms with Gasteiger partial charge in [-0.1, -0.05) is 33.1 Å². The normalized spacial score (nSPS) is 20.8. The summed E-state index contributed by atoms with van der Waals surface area (Å²) in [6.07, 6.45) is 10.8. The quantitative estimate of drug-likeness (QED) is 0.682.